The first kappa shape index (κ1) is 20.5. The maximum Gasteiger partial charge on any atom is 0.133 e. The summed E-state index contributed by atoms with van der Waals surface area (Å²) in [5.41, 5.74) is 0.378. The van der Waals surface area contributed by atoms with E-state index in [-0.39, 0.29) is 0 Å². The van der Waals surface area contributed by atoms with E-state index in [1.165, 1.54) is 9.79 Å². The predicted octanol–water partition coefficient (Wildman–Crippen LogP) is 7.41. The van der Waals surface area contributed by atoms with Crippen LogP contribution in [0.2, 0.25) is 0 Å². The van der Waals surface area contributed by atoms with Crippen LogP contribution in [-0.2, 0) is 5.60 Å². The van der Waals surface area contributed by atoms with E-state index in [0.29, 0.717) is 0 Å². The molecule has 0 radical (unpaired) electrons. The molecule has 1 N–H and O–H groups in total. The van der Waals surface area contributed by atoms with Gasteiger partial charge >= 0.3 is 0 Å². The third kappa shape index (κ3) is 4.71. The molecule has 0 aliphatic rings. The van der Waals surface area contributed by atoms with Gasteiger partial charge in [-0.15, -0.1) is 0 Å². The van der Waals surface area contributed by atoms with Crippen LogP contribution in [0.4, 0.5) is 0 Å². The zero-order valence-corrected chi connectivity index (χ0v) is 18.1. The SMILES string of the molecule is C=CC(O)(c1ccc(Sc2ccccc2)cc1)c1ccc(Sc2ccccc2)cc1. The molecule has 4 aromatic rings. The van der Waals surface area contributed by atoms with Gasteiger partial charge in [0.05, 0.1) is 0 Å². The molecule has 30 heavy (non-hydrogen) atoms. The summed E-state index contributed by atoms with van der Waals surface area (Å²) in [7, 11) is 0. The van der Waals surface area contributed by atoms with Gasteiger partial charge in [0.2, 0.25) is 0 Å². The van der Waals surface area contributed by atoms with Gasteiger partial charge in [0, 0.05) is 19.6 Å². The van der Waals surface area contributed by atoms with Gasteiger partial charge in [-0.3, -0.25) is 0 Å². The van der Waals surface area contributed by atoms with E-state index in [2.05, 4.69) is 30.8 Å². The largest absolute Gasteiger partial charge is 0.377 e. The Morgan fingerprint density at radius 3 is 1.20 bits per heavy atom. The van der Waals surface area contributed by atoms with Crippen molar-refractivity contribution in [1.82, 2.24) is 0 Å². The lowest BCUT2D eigenvalue weighted by Crippen LogP contribution is -2.24. The molecule has 0 saturated carbocycles. The zero-order chi connectivity index (χ0) is 20.8. The van der Waals surface area contributed by atoms with Crippen LogP contribution in [0.5, 0.6) is 0 Å². The normalized spacial score (nSPS) is 11.2. The molecule has 0 amide bonds. The second kappa shape index (κ2) is 9.40. The molecular formula is C27H22OS2. The molecule has 4 rings (SSSR count). The van der Waals surface area contributed by atoms with Crippen molar-refractivity contribution in [2.45, 2.75) is 25.2 Å². The molecule has 0 aliphatic heterocycles. The first-order chi connectivity index (χ1) is 14.7. The van der Waals surface area contributed by atoms with Gasteiger partial charge in [-0.1, -0.05) is 96.8 Å². The van der Waals surface area contributed by atoms with Crippen LogP contribution in [0.25, 0.3) is 0 Å². The monoisotopic (exact) mass is 426 g/mol. The van der Waals surface area contributed by atoms with E-state index in [0.717, 1.165) is 20.9 Å². The molecule has 4 aromatic carbocycles. The van der Waals surface area contributed by atoms with E-state index in [9.17, 15) is 5.11 Å². The van der Waals surface area contributed by atoms with Crippen LogP contribution in [0.1, 0.15) is 11.1 Å². The number of hydrogen-bond donors (Lipinski definition) is 1. The lowest BCUT2D eigenvalue weighted by atomic mass is 9.86. The molecule has 3 heteroatoms. The summed E-state index contributed by atoms with van der Waals surface area (Å²) in [6.07, 6.45) is 1.60. The Kier molecular flexibility index (Phi) is 6.44. The third-order valence-electron chi connectivity index (χ3n) is 4.84. The van der Waals surface area contributed by atoms with E-state index in [1.807, 2.05) is 84.9 Å². The molecule has 0 aliphatic carbocycles. The van der Waals surface area contributed by atoms with Crippen LogP contribution >= 0.6 is 23.5 Å². The lowest BCUT2D eigenvalue weighted by Gasteiger charge is -2.26. The first-order valence-electron chi connectivity index (χ1n) is 9.70. The average Bonchev–Trinajstić information content (AvgIpc) is 2.81. The molecule has 0 spiro atoms. The van der Waals surface area contributed by atoms with Crippen LogP contribution in [0, 0.1) is 0 Å². The maximum absolute atomic E-state index is 11.4. The molecule has 148 valence electrons. The average molecular weight is 427 g/mol. The fraction of sp³-hybridized carbons (Fsp3) is 0.0370. The molecule has 1 nitrogen and oxygen atoms in total. The van der Waals surface area contributed by atoms with Gasteiger partial charge in [0.1, 0.15) is 5.60 Å². The summed E-state index contributed by atoms with van der Waals surface area (Å²) < 4.78 is 0. The van der Waals surface area contributed by atoms with Gasteiger partial charge in [-0.25, -0.2) is 0 Å². The van der Waals surface area contributed by atoms with Crippen molar-refractivity contribution >= 4 is 23.5 Å². The van der Waals surface area contributed by atoms with Gasteiger partial charge in [0.25, 0.3) is 0 Å². The van der Waals surface area contributed by atoms with Crippen molar-refractivity contribution < 1.29 is 5.11 Å². The Balaban J connectivity index is 1.53. The van der Waals surface area contributed by atoms with E-state index >= 15 is 0 Å². The van der Waals surface area contributed by atoms with E-state index in [4.69, 9.17) is 0 Å². The minimum Gasteiger partial charge on any atom is -0.377 e. The summed E-state index contributed by atoms with van der Waals surface area (Å²) >= 11 is 3.41. The fourth-order valence-corrected chi connectivity index (χ4v) is 4.88. The van der Waals surface area contributed by atoms with E-state index in [1.54, 1.807) is 29.6 Å². The fourth-order valence-electron chi connectivity index (χ4n) is 3.21. The number of aliphatic hydroxyl groups is 1. The van der Waals surface area contributed by atoms with Crippen LogP contribution in [0.15, 0.2) is 141 Å². The summed E-state index contributed by atoms with van der Waals surface area (Å²) in [5.74, 6) is 0. The molecule has 0 heterocycles. The Morgan fingerprint density at radius 2 is 0.867 bits per heavy atom. The van der Waals surface area contributed by atoms with Gasteiger partial charge in [-0.05, 0) is 59.7 Å². The van der Waals surface area contributed by atoms with Crippen LogP contribution in [-0.4, -0.2) is 5.11 Å². The van der Waals surface area contributed by atoms with Gasteiger partial charge < -0.3 is 5.11 Å². The second-order valence-electron chi connectivity index (χ2n) is 6.85. The van der Waals surface area contributed by atoms with Crippen LogP contribution < -0.4 is 0 Å². The van der Waals surface area contributed by atoms with Crippen molar-refractivity contribution in [1.29, 1.82) is 0 Å². The second-order valence-corrected chi connectivity index (χ2v) is 9.14. The summed E-state index contributed by atoms with van der Waals surface area (Å²) in [4.78, 5) is 4.64. The standard InChI is InChI=1S/C27H22OS2/c1-2-27(28,21-13-17-25(18-14-21)29-23-9-5-3-6-10-23)22-15-19-26(20-16-22)30-24-11-7-4-8-12-24/h2-20,28H,1H2. The first-order valence-corrected chi connectivity index (χ1v) is 11.3. The number of benzene rings is 4. The smallest absolute Gasteiger partial charge is 0.133 e. The quantitative estimate of drug-likeness (QED) is 0.311. The number of rotatable bonds is 7. The molecule has 0 bridgehead atoms. The van der Waals surface area contributed by atoms with Crippen LogP contribution in [0.3, 0.4) is 0 Å². The number of hydrogen-bond acceptors (Lipinski definition) is 3. The highest BCUT2D eigenvalue weighted by atomic mass is 32.2. The summed E-state index contributed by atoms with van der Waals surface area (Å²) in [6.45, 7) is 3.91. The molecule has 0 aromatic heterocycles. The molecule has 0 unspecified atom stereocenters. The van der Waals surface area contributed by atoms with Gasteiger partial charge in [-0.2, -0.15) is 0 Å². The van der Waals surface area contributed by atoms with Crippen molar-refractivity contribution in [2.75, 3.05) is 0 Å². The van der Waals surface area contributed by atoms with Crippen molar-refractivity contribution in [3.8, 4) is 0 Å². The minimum atomic E-state index is -1.23. The lowest BCUT2D eigenvalue weighted by molar-refractivity contribution is 0.135. The Hall–Kier alpha value is -2.72. The summed E-state index contributed by atoms with van der Waals surface area (Å²) in [5, 5.41) is 11.4. The molecule has 0 saturated heterocycles. The maximum atomic E-state index is 11.4. The van der Waals surface area contributed by atoms with Crippen molar-refractivity contribution in [2.24, 2.45) is 0 Å². The van der Waals surface area contributed by atoms with E-state index < -0.39 is 5.60 Å². The topological polar surface area (TPSA) is 20.2 Å². The third-order valence-corrected chi connectivity index (χ3v) is 6.87. The summed E-state index contributed by atoms with van der Waals surface area (Å²) in [6, 6.07) is 36.6. The Morgan fingerprint density at radius 1 is 0.533 bits per heavy atom. The Bertz CT molecular complexity index is 1000. The molecular weight excluding hydrogens is 404 g/mol. The highest BCUT2D eigenvalue weighted by Crippen LogP contribution is 2.35. The predicted molar refractivity (Wildman–Crippen MR) is 127 cm³/mol. The van der Waals surface area contributed by atoms with Crippen molar-refractivity contribution in [3.63, 3.8) is 0 Å². The highest BCUT2D eigenvalue weighted by Gasteiger charge is 2.27. The minimum absolute atomic E-state index is 0.804. The highest BCUT2D eigenvalue weighted by molar-refractivity contribution is 7.99. The Labute approximate surface area is 186 Å². The van der Waals surface area contributed by atoms with Crippen molar-refractivity contribution in [3.05, 3.63) is 133 Å². The molecule has 0 atom stereocenters. The zero-order valence-electron chi connectivity index (χ0n) is 16.4. The van der Waals surface area contributed by atoms with Gasteiger partial charge in [0.15, 0.2) is 0 Å². The molecule has 0 fully saturated rings.